The van der Waals surface area contributed by atoms with Crippen molar-refractivity contribution in [2.24, 2.45) is 5.92 Å². The number of hydrogen-bond acceptors (Lipinski definition) is 4. The second kappa shape index (κ2) is 7.17. The van der Waals surface area contributed by atoms with E-state index in [0.717, 1.165) is 0 Å². The normalized spacial score (nSPS) is 20.5. The summed E-state index contributed by atoms with van der Waals surface area (Å²) in [7, 11) is 0. The Morgan fingerprint density at radius 3 is 2.93 bits per heavy atom. The zero-order valence-electron chi connectivity index (χ0n) is 14.7. The van der Waals surface area contributed by atoms with E-state index in [9.17, 15) is 18.0 Å². The summed E-state index contributed by atoms with van der Waals surface area (Å²) in [6, 6.07) is 4.81. The summed E-state index contributed by atoms with van der Waals surface area (Å²) in [6.07, 6.45) is -0.918. The maximum absolute atomic E-state index is 13.2. The monoisotopic (exact) mass is 409 g/mol. The maximum Gasteiger partial charge on any atom is 0.391 e. The number of hydrogen-bond donors (Lipinski definition) is 3. The van der Waals surface area contributed by atoms with E-state index in [1.54, 1.807) is 35.2 Å². The molecule has 0 aromatic carbocycles. The van der Waals surface area contributed by atoms with Crippen LogP contribution < -0.4 is 10.9 Å². The minimum Gasteiger partial charge on any atom is -0.355 e. The Kier molecular flexibility index (Phi) is 4.84. The average molecular weight is 409 g/mol. The predicted octanol–water partition coefficient (Wildman–Crippen LogP) is 3.43. The minimum atomic E-state index is -4.21. The molecule has 3 N–H and O–H groups in total. The van der Waals surface area contributed by atoms with Crippen LogP contribution in [0.1, 0.15) is 30.1 Å². The van der Waals surface area contributed by atoms with Crippen molar-refractivity contribution in [1.29, 1.82) is 0 Å². The number of aromatic amines is 2. The second-order valence-electron chi connectivity index (χ2n) is 6.89. The van der Waals surface area contributed by atoms with E-state index in [-0.39, 0.29) is 29.7 Å². The third-order valence-corrected chi connectivity index (χ3v) is 5.51. The Morgan fingerprint density at radius 1 is 1.32 bits per heavy atom. The first-order valence-electron chi connectivity index (χ1n) is 8.88. The maximum atomic E-state index is 13.2. The van der Waals surface area contributed by atoms with Gasteiger partial charge in [0.15, 0.2) is 4.77 Å². The van der Waals surface area contributed by atoms with Crippen molar-refractivity contribution in [1.82, 2.24) is 24.8 Å². The van der Waals surface area contributed by atoms with Crippen molar-refractivity contribution in [3.05, 3.63) is 57.0 Å². The van der Waals surface area contributed by atoms with Crippen LogP contribution in [-0.2, 0) is 6.54 Å². The largest absolute Gasteiger partial charge is 0.391 e. The molecule has 0 radical (unpaired) electrons. The summed E-state index contributed by atoms with van der Waals surface area (Å²) in [6.45, 7) is 0.540. The molecular formula is C18H18F3N5OS. The van der Waals surface area contributed by atoms with Gasteiger partial charge in [0, 0.05) is 18.4 Å². The van der Waals surface area contributed by atoms with Crippen molar-refractivity contribution >= 4 is 23.3 Å². The van der Waals surface area contributed by atoms with Crippen molar-refractivity contribution in [3.8, 4) is 0 Å². The van der Waals surface area contributed by atoms with Gasteiger partial charge in [0.1, 0.15) is 5.52 Å². The van der Waals surface area contributed by atoms with Gasteiger partial charge in [-0.25, -0.2) is 0 Å². The van der Waals surface area contributed by atoms with Gasteiger partial charge < -0.3 is 14.9 Å². The van der Waals surface area contributed by atoms with Crippen molar-refractivity contribution in [3.63, 3.8) is 0 Å². The molecule has 0 aliphatic carbocycles. The number of piperidine rings is 1. The van der Waals surface area contributed by atoms with Crippen LogP contribution in [0, 0.1) is 10.7 Å². The molecule has 0 spiro atoms. The van der Waals surface area contributed by atoms with Crippen LogP contribution in [0.3, 0.4) is 0 Å². The average Bonchev–Trinajstić information content (AvgIpc) is 3.15. The Hall–Kier alpha value is -2.46. The fraction of sp³-hybridized carbons (Fsp3) is 0.389. The van der Waals surface area contributed by atoms with E-state index in [0.29, 0.717) is 28.8 Å². The molecule has 148 valence electrons. The summed E-state index contributed by atoms with van der Waals surface area (Å²) in [5.74, 6) is -1.33. The molecule has 1 saturated heterocycles. The Balaban J connectivity index is 1.71. The summed E-state index contributed by atoms with van der Waals surface area (Å²) in [5, 5.41) is 3.18. The third kappa shape index (κ3) is 3.49. The van der Waals surface area contributed by atoms with Gasteiger partial charge in [-0.1, -0.05) is 6.07 Å². The lowest BCUT2D eigenvalue weighted by molar-refractivity contribution is -0.183. The number of aromatic nitrogens is 4. The van der Waals surface area contributed by atoms with E-state index in [4.69, 9.17) is 12.2 Å². The molecule has 6 nitrogen and oxygen atoms in total. The highest BCUT2D eigenvalue weighted by atomic mass is 32.1. The fourth-order valence-corrected chi connectivity index (χ4v) is 4.02. The Bertz CT molecular complexity index is 1120. The number of alkyl halides is 3. The molecule has 2 atom stereocenters. The lowest BCUT2D eigenvalue weighted by Crippen LogP contribution is -2.38. The number of fused-ring (bicyclic) bond motifs is 1. The number of halogens is 3. The lowest BCUT2D eigenvalue weighted by Gasteiger charge is -2.32. The molecule has 10 heteroatoms. The van der Waals surface area contributed by atoms with Crippen molar-refractivity contribution in [2.45, 2.75) is 31.6 Å². The molecule has 0 amide bonds. The zero-order chi connectivity index (χ0) is 19.9. The molecule has 2 unspecified atom stereocenters. The van der Waals surface area contributed by atoms with E-state index < -0.39 is 18.1 Å². The first-order valence-corrected chi connectivity index (χ1v) is 9.29. The van der Waals surface area contributed by atoms with Crippen LogP contribution in [-0.4, -0.2) is 32.2 Å². The Labute approximate surface area is 162 Å². The second-order valence-corrected chi connectivity index (χ2v) is 7.28. The molecule has 3 aromatic heterocycles. The molecule has 1 fully saturated rings. The van der Waals surface area contributed by atoms with Gasteiger partial charge in [-0.05, 0) is 49.3 Å². The molecule has 1 aliphatic heterocycles. The molecule has 0 bridgehead atoms. The molecule has 3 aromatic rings. The molecular weight excluding hydrogens is 391 g/mol. The van der Waals surface area contributed by atoms with Gasteiger partial charge in [-0.15, -0.1) is 0 Å². The van der Waals surface area contributed by atoms with Crippen LogP contribution in [0.5, 0.6) is 0 Å². The van der Waals surface area contributed by atoms with Gasteiger partial charge in [0.25, 0.3) is 5.56 Å². The molecule has 0 saturated carbocycles. The number of nitrogens with zero attached hydrogens (tertiary/aromatic N) is 2. The summed E-state index contributed by atoms with van der Waals surface area (Å²) in [4.78, 5) is 21.9. The first-order chi connectivity index (χ1) is 13.3. The van der Waals surface area contributed by atoms with Gasteiger partial charge in [0.05, 0.1) is 23.7 Å². The van der Waals surface area contributed by atoms with Gasteiger partial charge in [0.2, 0.25) is 0 Å². The van der Waals surface area contributed by atoms with Gasteiger partial charge in [-0.2, -0.15) is 13.2 Å². The third-order valence-electron chi connectivity index (χ3n) is 5.18. The summed E-state index contributed by atoms with van der Waals surface area (Å²) in [5.41, 5.74) is 2.03. The topological polar surface area (TPSA) is 78.5 Å². The summed E-state index contributed by atoms with van der Waals surface area (Å²) >= 11 is 5.30. The molecule has 4 heterocycles. The predicted molar refractivity (Wildman–Crippen MR) is 101 cm³/mol. The number of rotatable bonds is 3. The number of H-pyrrole nitrogens is 2. The quantitative estimate of drug-likeness (QED) is 0.579. The highest BCUT2D eigenvalue weighted by Gasteiger charge is 2.42. The Morgan fingerprint density at radius 2 is 2.14 bits per heavy atom. The number of nitrogens with one attached hydrogen (secondary N) is 3. The first kappa shape index (κ1) is 18.9. The van der Waals surface area contributed by atoms with Crippen LogP contribution in [0.2, 0.25) is 0 Å². The fourth-order valence-electron chi connectivity index (χ4n) is 3.76. The van der Waals surface area contributed by atoms with E-state index in [2.05, 4.69) is 20.3 Å². The van der Waals surface area contributed by atoms with Gasteiger partial charge >= 0.3 is 6.18 Å². The molecule has 1 aliphatic rings. The lowest BCUT2D eigenvalue weighted by atomic mass is 9.87. The van der Waals surface area contributed by atoms with Crippen molar-refractivity contribution < 1.29 is 13.2 Å². The van der Waals surface area contributed by atoms with E-state index >= 15 is 0 Å². The summed E-state index contributed by atoms with van der Waals surface area (Å²) < 4.78 is 41.6. The van der Waals surface area contributed by atoms with E-state index in [1.165, 1.54) is 0 Å². The van der Waals surface area contributed by atoms with Crippen LogP contribution in [0.15, 0.2) is 35.4 Å². The smallest absolute Gasteiger partial charge is 0.355 e. The minimum absolute atomic E-state index is 0.0290. The highest BCUT2D eigenvalue weighted by Crippen LogP contribution is 2.38. The SMILES string of the molecule is O=c1[nH]c(=S)n(Cc2ncccc2C2CC(C(F)(F)F)CCN2)c2cc[nH]c12. The van der Waals surface area contributed by atoms with Crippen LogP contribution in [0.25, 0.3) is 11.0 Å². The van der Waals surface area contributed by atoms with Gasteiger partial charge in [-0.3, -0.25) is 14.8 Å². The van der Waals surface area contributed by atoms with Crippen LogP contribution in [0.4, 0.5) is 13.2 Å². The molecule has 4 rings (SSSR count). The standard InChI is InChI=1S/C18H18F3N5OS/c19-18(20,21)10-3-6-23-12(8-10)11-2-1-5-22-13(11)9-26-14-4-7-24-15(14)16(27)25-17(26)28/h1-2,4-5,7,10,12,23-24H,3,6,8-9H2,(H,25,27,28). The van der Waals surface area contributed by atoms with Crippen LogP contribution >= 0.6 is 12.2 Å². The van der Waals surface area contributed by atoms with Crippen molar-refractivity contribution in [2.75, 3.05) is 6.54 Å². The molecule has 28 heavy (non-hydrogen) atoms. The number of pyridine rings is 1. The zero-order valence-corrected chi connectivity index (χ0v) is 15.5. The van der Waals surface area contributed by atoms with E-state index in [1.807, 2.05) is 0 Å². The highest BCUT2D eigenvalue weighted by molar-refractivity contribution is 7.71.